The molecule has 1 aliphatic carbocycles. The van der Waals surface area contributed by atoms with Gasteiger partial charge in [-0.1, -0.05) is 25.1 Å². The van der Waals surface area contributed by atoms with Crippen molar-refractivity contribution in [1.29, 1.82) is 5.41 Å². The van der Waals surface area contributed by atoms with E-state index in [4.69, 9.17) is 10.1 Å². The summed E-state index contributed by atoms with van der Waals surface area (Å²) in [5, 5.41) is 8.01. The lowest BCUT2D eigenvalue weighted by molar-refractivity contribution is 0.415. The van der Waals surface area contributed by atoms with Gasteiger partial charge in [-0.15, -0.1) is 0 Å². The Balaban J connectivity index is 2.26. The Bertz CT molecular complexity index is 417. The Morgan fingerprint density at radius 2 is 1.94 bits per heavy atom. The molecular formula is C14H17NO. The lowest BCUT2D eigenvalue weighted by Gasteiger charge is -2.19. The fraction of sp³-hybridized carbons (Fsp3) is 0.357. The van der Waals surface area contributed by atoms with Gasteiger partial charge in [0.1, 0.15) is 5.75 Å². The summed E-state index contributed by atoms with van der Waals surface area (Å²) < 4.78 is 5.13. The van der Waals surface area contributed by atoms with Gasteiger partial charge in [-0.2, -0.15) is 0 Å². The van der Waals surface area contributed by atoms with Crippen LogP contribution in [0.1, 0.15) is 25.3 Å². The van der Waals surface area contributed by atoms with Crippen LogP contribution in [0.15, 0.2) is 30.3 Å². The molecule has 1 atom stereocenters. The van der Waals surface area contributed by atoms with Crippen molar-refractivity contribution in [2.24, 2.45) is 5.92 Å². The highest BCUT2D eigenvalue weighted by Gasteiger charge is 2.16. The molecule has 0 spiro atoms. The van der Waals surface area contributed by atoms with E-state index in [1.165, 1.54) is 0 Å². The molecule has 1 aliphatic rings. The molecular weight excluding hydrogens is 198 g/mol. The first kappa shape index (κ1) is 10.9. The molecule has 0 aromatic heterocycles. The molecule has 2 rings (SSSR count). The van der Waals surface area contributed by atoms with Crippen LogP contribution in [0, 0.1) is 11.3 Å². The predicted molar refractivity (Wildman–Crippen MR) is 67.1 cm³/mol. The van der Waals surface area contributed by atoms with Gasteiger partial charge in [-0.3, -0.25) is 0 Å². The second-order valence-corrected chi connectivity index (χ2v) is 4.37. The van der Waals surface area contributed by atoms with Crippen LogP contribution in [-0.4, -0.2) is 12.8 Å². The third kappa shape index (κ3) is 2.16. The lowest BCUT2D eigenvalue weighted by atomic mass is 9.86. The minimum Gasteiger partial charge on any atom is -0.497 e. The van der Waals surface area contributed by atoms with Gasteiger partial charge in [-0.25, -0.2) is 0 Å². The van der Waals surface area contributed by atoms with Crippen molar-refractivity contribution >= 4 is 11.3 Å². The third-order valence-corrected chi connectivity index (χ3v) is 3.00. The number of ether oxygens (including phenoxy) is 1. The Hall–Kier alpha value is -1.57. The summed E-state index contributed by atoms with van der Waals surface area (Å²) in [6.07, 6.45) is 4.14. The van der Waals surface area contributed by atoms with Crippen molar-refractivity contribution in [3.05, 3.63) is 35.9 Å². The highest BCUT2D eigenvalue weighted by atomic mass is 16.5. The molecule has 0 bridgehead atoms. The average molecular weight is 215 g/mol. The number of benzene rings is 1. The second kappa shape index (κ2) is 4.52. The standard InChI is InChI=1S/C14H17NO/c1-10-3-8-13(14(15)9-10)11-4-6-12(16-2)7-5-11/h4-8,10,15H,3,9H2,1-2H3. The summed E-state index contributed by atoms with van der Waals surface area (Å²) in [6, 6.07) is 7.94. The van der Waals surface area contributed by atoms with Crippen LogP contribution in [0.5, 0.6) is 5.75 Å². The number of rotatable bonds is 2. The van der Waals surface area contributed by atoms with Gasteiger partial charge in [0.05, 0.1) is 7.11 Å². The molecule has 16 heavy (non-hydrogen) atoms. The van der Waals surface area contributed by atoms with E-state index in [-0.39, 0.29) is 0 Å². The summed E-state index contributed by atoms with van der Waals surface area (Å²) >= 11 is 0. The summed E-state index contributed by atoms with van der Waals surface area (Å²) in [4.78, 5) is 0. The van der Waals surface area contributed by atoms with E-state index < -0.39 is 0 Å². The van der Waals surface area contributed by atoms with Crippen molar-refractivity contribution in [3.8, 4) is 5.75 Å². The molecule has 1 aromatic carbocycles. The zero-order valence-corrected chi connectivity index (χ0v) is 9.79. The van der Waals surface area contributed by atoms with E-state index in [2.05, 4.69) is 13.0 Å². The molecule has 1 N–H and O–H groups in total. The molecule has 0 saturated carbocycles. The molecule has 1 aromatic rings. The maximum atomic E-state index is 8.01. The molecule has 0 amide bonds. The molecule has 0 radical (unpaired) electrons. The highest BCUT2D eigenvalue weighted by Crippen LogP contribution is 2.28. The molecule has 0 fully saturated rings. The fourth-order valence-corrected chi connectivity index (χ4v) is 2.05. The van der Waals surface area contributed by atoms with Crippen LogP contribution in [0.2, 0.25) is 0 Å². The zero-order chi connectivity index (χ0) is 11.5. The van der Waals surface area contributed by atoms with Crippen LogP contribution in [0.3, 0.4) is 0 Å². The fourth-order valence-electron chi connectivity index (χ4n) is 2.05. The van der Waals surface area contributed by atoms with Crippen LogP contribution in [0.25, 0.3) is 5.57 Å². The number of methoxy groups -OCH3 is 1. The van der Waals surface area contributed by atoms with Crippen molar-refractivity contribution in [2.45, 2.75) is 19.8 Å². The van der Waals surface area contributed by atoms with Crippen molar-refractivity contribution < 1.29 is 4.74 Å². The van der Waals surface area contributed by atoms with Gasteiger partial charge in [-0.05, 0) is 42.0 Å². The van der Waals surface area contributed by atoms with Crippen molar-refractivity contribution in [2.75, 3.05) is 7.11 Å². The van der Waals surface area contributed by atoms with Gasteiger partial charge in [0, 0.05) is 5.71 Å². The van der Waals surface area contributed by atoms with E-state index in [1.54, 1.807) is 7.11 Å². The summed E-state index contributed by atoms with van der Waals surface area (Å²) in [5.74, 6) is 1.47. The average Bonchev–Trinajstić information content (AvgIpc) is 2.29. The van der Waals surface area contributed by atoms with Gasteiger partial charge in [0.15, 0.2) is 0 Å². The maximum Gasteiger partial charge on any atom is 0.118 e. The van der Waals surface area contributed by atoms with Crippen molar-refractivity contribution in [1.82, 2.24) is 0 Å². The van der Waals surface area contributed by atoms with E-state index in [0.29, 0.717) is 5.92 Å². The summed E-state index contributed by atoms with van der Waals surface area (Å²) in [6.45, 7) is 2.19. The Morgan fingerprint density at radius 3 is 2.50 bits per heavy atom. The van der Waals surface area contributed by atoms with Gasteiger partial charge in [0.2, 0.25) is 0 Å². The van der Waals surface area contributed by atoms with Crippen LogP contribution < -0.4 is 4.74 Å². The van der Waals surface area contributed by atoms with E-state index >= 15 is 0 Å². The van der Waals surface area contributed by atoms with Crippen LogP contribution in [0.4, 0.5) is 0 Å². The number of nitrogens with one attached hydrogen (secondary N) is 1. The second-order valence-electron chi connectivity index (χ2n) is 4.37. The quantitative estimate of drug-likeness (QED) is 0.804. The number of allylic oxidation sites excluding steroid dienone is 2. The van der Waals surface area contributed by atoms with E-state index in [1.807, 2.05) is 24.3 Å². The van der Waals surface area contributed by atoms with Crippen LogP contribution >= 0.6 is 0 Å². The van der Waals surface area contributed by atoms with Gasteiger partial charge in [0.25, 0.3) is 0 Å². The molecule has 2 nitrogen and oxygen atoms in total. The van der Waals surface area contributed by atoms with E-state index in [9.17, 15) is 0 Å². The largest absolute Gasteiger partial charge is 0.497 e. The molecule has 1 unspecified atom stereocenters. The minimum absolute atomic E-state index is 0.606. The molecule has 0 aliphatic heterocycles. The number of hydrogen-bond donors (Lipinski definition) is 1. The normalized spacial score (nSPS) is 20.5. The molecule has 2 heteroatoms. The molecule has 0 saturated heterocycles. The first-order valence-corrected chi connectivity index (χ1v) is 5.63. The van der Waals surface area contributed by atoms with Gasteiger partial charge >= 0.3 is 0 Å². The smallest absolute Gasteiger partial charge is 0.118 e. The summed E-state index contributed by atoms with van der Waals surface area (Å²) in [5.41, 5.74) is 2.96. The summed E-state index contributed by atoms with van der Waals surface area (Å²) in [7, 11) is 1.67. The Morgan fingerprint density at radius 1 is 1.25 bits per heavy atom. The highest BCUT2D eigenvalue weighted by molar-refractivity contribution is 6.22. The molecule has 0 heterocycles. The Labute approximate surface area is 96.5 Å². The van der Waals surface area contributed by atoms with Crippen molar-refractivity contribution in [3.63, 3.8) is 0 Å². The lowest BCUT2D eigenvalue weighted by Crippen LogP contribution is -2.11. The van der Waals surface area contributed by atoms with Crippen LogP contribution in [-0.2, 0) is 0 Å². The third-order valence-electron chi connectivity index (χ3n) is 3.00. The SMILES string of the molecule is COc1ccc(C2=CCC(C)CC2=N)cc1. The topological polar surface area (TPSA) is 33.1 Å². The first-order valence-electron chi connectivity index (χ1n) is 5.63. The van der Waals surface area contributed by atoms with Gasteiger partial charge < -0.3 is 10.1 Å². The minimum atomic E-state index is 0.606. The zero-order valence-electron chi connectivity index (χ0n) is 9.79. The van der Waals surface area contributed by atoms with E-state index in [0.717, 1.165) is 35.4 Å². The predicted octanol–water partition coefficient (Wildman–Crippen LogP) is 3.53. The Kier molecular flexibility index (Phi) is 3.09. The monoisotopic (exact) mass is 215 g/mol. The number of hydrogen-bond acceptors (Lipinski definition) is 2. The maximum absolute atomic E-state index is 8.01. The first-order chi connectivity index (χ1) is 7.70. The molecule has 84 valence electrons.